The summed E-state index contributed by atoms with van der Waals surface area (Å²) in [5, 5.41) is 9.35. The van der Waals surface area contributed by atoms with Gasteiger partial charge in [-0.05, 0) is 61.7 Å². The van der Waals surface area contributed by atoms with E-state index in [9.17, 15) is 9.90 Å². The molecule has 2 aliphatic carbocycles. The molecule has 0 radical (unpaired) electrons. The van der Waals surface area contributed by atoms with Gasteiger partial charge in [-0.3, -0.25) is 0 Å². The molecule has 0 unspecified atom stereocenters. The second-order valence-corrected chi connectivity index (χ2v) is 4.76. The highest BCUT2D eigenvalue weighted by Gasteiger charge is 2.22. The van der Waals surface area contributed by atoms with Crippen LogP contribution in [0.1, 0.15) is 51.9 Å². The molecule has 0 heterocycles. The Balaban J connectivity index is 2.45. The lowest BCUT2D eigenvalue weighted by Crippen LogP contribution is -2.06. The molecule has 17 heavy (non-hydrogen) atoms. The van der Waals surface area contributed by atoms with Crippen LogP contribution in [0.15, 0.2) is 34.4 Å². The van der Waals surface area contributed by atoms with E-state index in [0.717, 1.165) is 31.3 Å². The van der Waals surface area contributed by atoms with E-state index in [2.05, 4.69) is 12.2 Å². The molecule has 0 aromatic heterocycles. The fourth-order valence-electron chi connectivity index (χ4n) is 2.82. The molecule has 92 valence electrons. The van der Waals surface area contributed by atoms with E-state index in [1.165, 1.54) is 24.0 Å². The fourth-order valence-corrected chi connectivity index (χ4v) is 2.82. The van der Waals surface area contributed by atoms with Crippen molar-refractivity contribution >= 4 is 5.97 Å². The lowest BCUT2D eigenvalue weighted by atomic mass is 9.90. The van der Waals surface area contributed by atoms with Crippen LogP contribution in [0.2, 0.25) is 0 Å². The minimum Gasteiger partial charge on any atom is -0.478 e. The number of carboxylic acids is 1. The molecule has 0 amide bonds. The normalized spacial score (nSPS) is 18.9. The number of carboxylic acid groups (broad SMARTS) is 1. The summed E-state index contributed by atoms with van der Waals surface area (Å²) in [7, 11) is 0. The van der Waals surface area contributed by atoms with Crippen molar-refractivity contribution in [3.8, 4) is 0 Å². The Morgan fingerprint density at radius 1 is 1.18 bits per heavy atom. The Hall–Kier alpha value is -1.31. The molecule has 2 rings (SSSR count). The summed E-state index contributed by atoms with van der Waals surface area (Å²) in [4.78, 5) is 11.4. The Morgan fingerprint density at radius 2 is 1.71 bits per heavy atom. The van der Waals surface area contributed by atoms with Crippen molar-refractivity contribution < 1.29 is 9.90 Å². The molecule has 0 spiro atoms. The topological polar surface area (TPSA) is 37.3 Å². The number of rotatable bonds is 4. The van der Waals surface area contributed by atoms with E-state index >= 15 is 0 Å². The van der Waals surface area contributed by atoms with Gasteiger partial charge in [0.15, 0.2) is 0 Å². The Kier molecular flexibility index (Phi) is 3.82. The SMILES string of the molecule is CCC(C(=O)O)=C(C1=CCCC1)C1=CCCC1. The molecule has 0 bridgehead atoms. The van der Waals surface area contributed by atoms with Crippen LogP contribution in [0.3, 0.4) is 0 Å². The van der Waals surface area contributed by atoms with Gasteiger partial charge in [-0.25, -0.2) is 4.79 Å². The number of hydrogen-bond donors (Lipinski definition) is 1. The van der Waals surface area contributed by atoms with Gasteiger partial charge in [-0.1, -0.05) is 19.1 Å². The predicted molar refractivity (Wildman–Crippen MR) is 68.8 cm³/mol. The molecule has 2 aliphatic rings. The van der Waals surface area contributed by atoms with Gasteiger partial charge in [0, 0.05) is 5.57 Å². The van der Waals surface area contributed by atoms with Gasteiger partial charge in [0.1, 0.15) is 0 Å². The maximum Gasteiger partial charge on any atom is 0.332 e. The third-order valence-corrected chi connectivity index (χ3v) is 3.64. The predicted octanol–water partition coefficient (Wildman–Crippen LogP) is 4.00. The van der Waals surface area contributed by atoms with E-state index in [4.69, 9.17) is 0 Å². The average Bonchev–Trinajstić information content (AvgIpc) is 2.98. The molecule has 0 saturated carbocycles. The summed E-state index contributed by atoms with van der Waals surface area (Å²) in [5.41, 5.74) is 4.22. The largest absolute Gasteiger partial charge is 0.478 e. The van der Waals surface area contributed by atoms with Gasteiger partial charge in [0.25, 0.3) is 0 Å². The van der Waals surface area contributed by atoms with E-state index in [1.807, 2.05) is 6.92 Å². The smallest absolute Gasteiger partial charge is 0.332 e. The average molecular weight is 232 g/mol. The summed E-state index contributed by atoms with van der Waals surface area (Å²) in [6.45, 7) is 1.94. The molecule has 2 nitrogen and oxygen atoms in total. The van der Waals surface area contributed by atoms with E-state index < -0.39 is 5.97 Å². The van der Waals surface area contributed by atoms with Gasteiger partial charge in [-0.2, -0.15) is 0 Å². The standard InChI is InChI=1S/C15H20O2/c1-2-13(15(16)17)14(11-7-3-4-8-11)12-9-5-6-10-12/h7,9H,2-6,8,10H2,1H3,(H,16,17). The molecule has 0 aromatic carbocycles. The molecule has 1 N–H and O–H groups in total. The van der Waals surface area contributed by atoms with Crippen molar-refractivity contribution in [2.24, 2.45) is 0 Å². The highest BCUT2D eigenvalue weighted by molar-refractivity contribution is 5.90. The van der Waals surface area contributed by atoms with Gasteiger partial charge < -0.3 is 5.11 Å². The summed E-state index contributed by atoms with van der Waals surface area (Å²) in [6.07, 6.45) is 11.7. The van der Waals surface area contributed by atoms with Crippen LogP contribution in [0, 0.1) is 0 Å². The second kappa shape index (κ2) is 5.35. The van der Waals surface area contributed by atoms with Crippen molar-refractivity contribution in [3.63, 3.8) is 0 Å². The molecule has 0 atom stereocenters. The number of carbonyl (C=O) groups is 1. The van der Waals surface area contributed by atoms with Crippen molar-refractivity contribution in [1.82, 2.24) is 0 Å². The van der Waals surface area contributed by atoms with Crippen molar-refractivity contribution in [1.29, 1.82) is 0 Å². The molecular weight excluding hydrogens is 212 g/mol. The minimum atomic E-state index is -0.747. The highest BCUT2D eigenvalue weighted by Crippen LogP contribution is 2.37. The molecule has 0 aromatic rings. The van der Waals surface area contributed by atoms with Crippen LogP contribution >= 0.6 is 0 Å². The Morgan fingerprint density at radius 3 is 2.00 bits per heavy atom. The lowest BCUT2D eigenvalue weighted by molar-refractivity contribution is -0.132. The van der Waals surface area contributed by atoms with Gasteiger partial charge >= 0.3 is 5.97 Å². The third kappa shape index (κ3) is 2.51. The molecule has 2 heteroatoms. The number of aliphatic carboxylic acids is 1. The van der Waals surface area contributed by atoms with Crippen LogP contribution in [-0.4, -0.2) is 11.1 Å². The monoisotopic (exact) mass is 232 g/mol. The number of allylic oxidation sites excluding steroid dienone is 5. The maximum atomic E-state index is 11.4. The van der Waals surface area contributed by atoms with Crippen molar-refractivity contribution in [2.75, 3.05) is 0 Å². The van der Waals surface area contributed by atoms with Crippen LogP contribution < -0.4 is 0 Å². The minimum absolute atomic E-state index is 0.603. The Bertz CT molecular complexity index is 385. The van der Waals surface area contributed by atoms with Crippen LogP contribution in [0.4, 0.5) is 0 Å². The summed E-state index contributed by atoms with van der Waals surface area (Å²) >= 11 is 0. The third-order valence-electron chi connectivity index (χ3n) is 3.64. The van der Waals surface area contributed by atoms with Gasteiger partial charge in [0.05, 0.1) is 0 Å². The Labute approximate surface area is 103 Å². The number of hydrogen-bond acceptors (Lipinski definition) is 1. The first kappa shape index (κ1) is 12.2. The van der Waals surface area contributed by atoms with Crippen molar-refractivity contribution in [2.45, 2.75) is 51.9 Å². The molecule has 0 aliphatic heterocycles. The van der Waals surface area contributed by atoms with E-state index in [0.29, 0.717) is 12.0 Å². The first-order valence-electron chi connectivity index (χ1n) is 6.59. The zero-order chi connectivity index (χ0) is 12.3. The maximum absolute atomic E-state index is 11.4. The van der Waals surface area contributed by atoms with E-state index in [1.54, 1.807) is 0 Å². The first-order valence-corrected chi connectivity index (χ1v) is 6.59. The molecular formula is C15H20O2. The first-order chi connectivity index (χ1) is 8.24. The van der Waals surface area contributed by atoms with Gasteiger partial charge in [-0.15, -0.1) is 0 Å². The summed E-state index contributed by atoms with van der Waals surface area (Å²) in [5.74, 6) is -0.747. The zero-order valence-electron chi connectivity index (χ0n) is 10.5. The summed E-state index contributed by atoms with van der Waals surface area (Å²) < 4.78 is 0. The van der Waals surface area contributed by atoms with Crippen molar-refractivity contribution in [3.05, 3.63) is 34.4 Å². The van der Waals surface area contributed by atoms with Crippen LogP contribution in [0.25, 0.3) is 0 Å². The zero-order valence-corrected chi connectivity index (χ0v) is 10.5. The quantitative estimate of drug-likeness (QED) is 0.744. The van der Waals surface area contributed by atoms with E-state index in [-0.39, 0.29) is 0 Å². The van der Waals surface area contributed by atoms with Crippen LogP contribution in [0.5, 0.6) is 0 Å². The lowest BCUT2D eigenvalue weighted by Gasteiger charge is -2.14. The molecule has 0 fully saturated rings. The fraction of sp³-hybridized carbons (Fsp3) is 0.533. The second-order valence-electron chi connectivity index (χ2n) is 4.76. The van der Waals surface area contributed by atoms with Crippen LogP contribution in [-0.2, 0) is 4.79 Å². The molecule has 0 saturated heterocycles. The summed E-state index contributed by atoms with van der Waals surface area (Å²) in [6, 6.07) is 0. The van der Waals surface area contributed by atoms with Gasteiger partial charge in [0.2, 0.25) is 0 Å². The highest BCUT2D eigenvalue weighted by atomic mass is 16.4.